The van der Waals surface area contributed by atoms with Crippen LogP contribution in [-0.2, 0) is 14.9 Å². The number of methoxy groups -OCH3 is 1. The van der Waals surface area contributed by atoms with Gasteiger partial charge >= 0.3 is 16.2 Å². The molecule has 0 bridgehead atoms. The Morgan fingerprint density at radius 2 is 1.92 bits per heavy atom. The molecule has 0 fully saturated rings. The summed E-state index contributed by atoms with van der Waals surface area (Å²) in [7, 11) is -2.79. The van der Waals surface area contributed by atoms with Gasteiger partial charge in [0.25, 0.3) is 0 Å². The summed E-state index contributed by atoms with van der Waals surface area (Å²) in [4.78, 5) is 18.1. The topological polar surface area (TPSA) is 110 Å². The predicted octanol–water partition coefficient (Wildman–Crippen LogP) is 3.13. The summed E-state index contributed by atoms with van der Waals surface area (Å²) < 4.78 is 34.9. The molecule has 3 aromatic rings. The van der Waals surface area contributed by atoms with E-state index < -0.39 is 16.2 Å². The first-order chi connectivity index (χ1) is 12.3. The molecule has 3 rings (SSSR count). The van der Waals surface area contributed by atoms with Gasteiger partial charge in [0.2, 0.25) is 5.95 Å². The number of nitrogens with one attached hydrogen (secondary N) is 2. The van der Waals surface area contributed by atoms with Crippen LogP contribution in [0.3, 0.4) is 0 Å². The fourth-order valence-electron chi connectivity index (χ4n) is 2.41. The molecule has 0 aliphatic carbocycles. The zero-order valence-electron chi connectivity index (χ0n) is 14.4. The van der Waals surface area contributed by atoms with Crippen molar-refractivity contribution in [2.24, 2.45) is 0 Å². The Balaban J connectivity index is 1.91. The summed E-state index contributed by atoms with van der Waals surface area (Å²) in [5.74, 6) is 0.421. The Labute approximate surface area is 150 Å². The van der Waals surface area contributed by atoms with Crippen molar-refractivity contribution in [1.82, 2.24) is 9.97 Å². The minimum absolute atomic E-state index is 0.0294. The molecule has 1 amide bonds. The van der Waals surface area contributed by atoms with Gasteiger partial charge in [0, 0.05) is 0 Å². The molecule has 0 aliphatic heterocycles. The van der Waals surface area contributed by atoms with Gasteiger partial charge in [0.1, 0.15) is 10.6 Å². The number of rotatable bonds is 4. The number of aryl methyl sites for hydroxylation is 2. The van der Waals surface area contributed by atoms with Crippen LogP contribution >= 0.6 is 0 Å². The number of aromatic amines is 1. The highest BCUT2D eigenvalue weighted by atomic mass is 32.2. The van der Waals surface area contributed by atoms with E-state index in [0.29, 0.717) is 11.0 Å². The van der Waals surface area contributed by atoms with Crippen molar-refractivity contribution in [3.05, 3.63) is 47.5 Å². The zero-order chi connectivity index (χ0) is 18.9. The van der Waals surface area contributed by atoms with Crippen LogP contribution in [0.4, 0.5) is 10.7 Å². The van der Waals surface area contributed by atoms with Gasteiger partial charge in [-0.25, -0.2) is 9.78 Å². The van der Waals surface area contributed by atoms with Gasteiger partial charge in [-0.1, -0.05) is 17.7 Å². The molecule has 1 heterocycles. The Kier molecular flexibility index (Phi) is 4.56. The van der Waals surface area contributed by atoms with Gasteiger partial charge < -0.3 is 13.9 Å². The first-order valence-electron chi connectivity index (χ1n) is 7.65. The number of aromatic nitrogens is 2. The number of hydrogen-bond donors (Lipinski definition) is 2. The Morgan fingerprint density at radius 3 is 2.62 bits per heavy atom. The van der Waals surface area contributed by atoms with E-state index in [1.807, 2.05) is 13.0 Å². The van der Waals surface area contributed by atoms with Gasteiger partial charge in [-0.3, -0.25) is 5.32 Å². The second kappa shape index (κ2) is 6.68. The summed E-state index contributed by atoms with van der Waals surface area (Å²) >= 11 is 0. The predicted molar refractivity (Wildman–Crippen MR) is 95.9 cm³/mol. The van der Waals surface area contributed by atoms with Crippen molar-refractivity contribution in [3.8, 4) is 5.75 Å². The molecule has 9 heteroatoms. The molecular weight excluding hydrogens is 358 g/mol. The Morgan fingerprint density at radius 1 is 1.15 bits per heavy atom. The zero-order valence-corrected chi connectivity index (χ0v) is 15.2. The van der Waals surface area contributed by atoms with Crippen LogP contribution in [0.2, 0.25) is 0 Å². The number of fused-ring (bicyclic) bond motifs is 1. The largest absolute Gasteiger partial charge is 0.453 e. The molecule has 0 spiro atoms. The maximum atomic E-state index is 12.6. The second-order valence-corrected chi connectivity index (χ2v) is 7.23. The lowest BCUT2D eigenvalue weighted by Gasteiger charge is -2.10. The van der Waals surface area contributed by atoms with E-state index in [-0.39, 0.29) is 16.6 Å². The van der Waals surface area contributed by atoms with E-state index in [1.54, 1.807) is 19.1 Å². The lowest BCUT2D eigenvalue weighted by molar-refractivity contribution is 0.186. The quantitative estimate of drug-likeness (QED) is 0.678. The standard InChI is InChI=1S/C17H17N3O5S/c1-10-4-7-15(11(2)8-10)25-26(22,23)12-5-6-13-14(9-12)19-16(18-13)20-17(21)24-3/h4-9H,1-3H3,(H2,18,19,20,21). The number of imidazole rings is 1. The summed E-state index contributed by atoms with van der Waals surface area (Å²) in [5, 5.41) is 2.38. The summed E-state index contributed by atoms with van der Waals surface area (Å²) in [5.41, 5.74) is 2.65. The summed E-state index contributed by atoms with van der Waals surface area (Å²) in [6.07, 6.45) is -0.685. The van der Waals surface area contributed by atoms with E-state index in [9.17, 15) is 13.2 Å². The molecule has 0 saturated heterocycles. The highest BCUT2D eigenvalue weighted by Gasteiger charge is 2.19. The molecule has 0 aliphatic rings. The molecule has 0 saturated carbocycles. The van der Waals surface area contributed by atoms with E-state index in [0.717, 1.165) is 11.1 Å². The SMILES string of the molecule is COC(=O)Nc1nc2ccc(S(=O)(=O)Oc3ccc(C)cc3C)cc2[nH]1. The van der Waals surface area contributed by atoms with Crippen LogP contribution in [0, 0.1) is 13.8 Å². The van der Waals surface area contributed by atoms with E-state index in [4.69, 9.17) is 4.18 Å². The lowest BCUT2D eigenvalue weighted by Crippen LogP contribution is -2.11. The lowest BCUT2D eigenvalue weighted by atomic mass is 10.1. The number of H-pyrrole nitrogens is 1. The van der Waals surface area contributed by atoms with Gasteiger partial charge in [0.15, 0.2) is 0 Å². The second-order valence-electron chi connectivity index (χ2n) is 5.69. The van der Waals surface area contributed by atoms with Crippen molar-refractivity contribution in [2.75, 3.05) is 12.4 Å². The molecule has 2 aromatic carbocycles. The maximum absolute atomic E-state index is 12.6. The highest BCUT2D eigenvalue weighted by molar-refractivity contribution is 7.87. The normalized spacial score (nSPS) is 11.3. The number of amides is 1. The number of anilines is 1. The van der Waals surface area contributed by atoms with E-state index in [2.05, 4.69) is 20.0 Å². The Bertz CT molecular complexity index is 1090. The van der Waals surface area contributed by atoms with Crippen LogP contribution in [0.5, 0.6) is 5.75 Å². The van der Waals surface area contributed by atoms with Crippen LogP contribution in [0.25, 0.3) is 11.0 Å². The molecule has 26 heavy (non-hydrogen) atoms. The average Bonchev–Trinajstić information content (AvgIpc) is 2.98. The molecular formula is C17H17N3O5S. The fourth-order valence-corrected chi connectivity index (χ4v) is 3.43. The van der Waals surface area contributed by atoms with Crippen molar-refractivity contribution < 1.29 is 22.1 Å². The minimum atomic E-state index is -4.02. The van der Waals surface area contributed by atoms with Gasteiger partial charge in [-0.05, 0) is 43.7 Å². The van der Waals surface area contributed by atoms with Crippen LogP contribution < -0.4 is 9.50 Å². The van der Waals surface area contributed by atoms with Crippen molar-refractivity contribution in [1.29, 1.82) is 0 Å². The van der Waals surface area contributed by atoms with Crippen LogP contribution in [0.1, 0.15) is 11.1 Å². The van der Waals surface area contributed by atoms with Gasteiger partial charge in [0.05, 0.1) is 18.1 Å². The molecule has 2 N–H and O–H groups in total. The van der Waals surface area contributed by atoms with E-state index in [1.165, 1.54) is 25.3 Å². The number of carbonyl (C=O) groups excluding carboxylic acids is 1. The summed E-state index contributed by atoms with van der Waals surface area (Å²) in [6.45, 7) is 3.69. The van der Waals surface area contributed by atoms with Crippen molar-refractivity contribution in [3.63, 3.8) is 0 Å². The monoisotopic (exact) mass is 375 g/mol. The molecule has 1 aromatic heterocycles. The molecule has 8 nitrogen and oxygen atoms in total. The fraction of sp³-hybridized carbons (Fsp3) is 0.176. The van der Waals surface area contributed by atoms with Crippen molar-refractivity contribution >= 4 is 33.2 Å². The molecule has 0 unspecified atom stereocenters. The van der Waals surface area contributed by atoms with Crippen LogP contribution in [0.15, 0.2) is 41.3 Å². The third-order valence-corrected chi connectivity index (χ3v) is 4.91. The first kappa shape index (κ1) is 17.7. The Hall–Kier alpha value is -3.07. The number of benzene rings is 2. The minimum Gasteiger partial charge on any atom is -0.453 e. The number of nitrogens with zero attached hydrogens (tertiary/aromatic N) is 1. The number of carbonyl (C=O) groups is 1. The van der Waals surface area contributed by atoms with Crippen molar-refractivity contribution in [2.45, 2.75) is 18.7 Å². The maximum Gasteiger partial charge on any atom is 0.413 e. The molecule has 136 valence electrons. The smallest absolute Gasteiger partial charge is 0.413 e. The number of ether oxygens (including phenoxy) is 1. The molecule has 0 atom stereocenters. The third-order valence-electron chi connectivity index (χ3n) is 3.68. The highest BCUT2D eigenvalue weighted by Crippen LogP contribution is 2.25. The first-order valence-corrected chi connectivity index (χ1v) is 9.06. The van der Waals surface area contributed by atoms with E-state index >= 15 is 0 Å². The molecule has 0 radical (unpaired) electrons. The van der Waals surface area contributed by atoms with Gasteiger partial charge in [-0.2, -0.15) is 8.42 Å². The third kappa shape index (κ3) is 3.62. The van der Waals surface area contributed by atoms with Gasteiger partial charge in [-0.15, -0.1) is 0 Å². The summed E-state index contributed by atoms with van der Waals surface area (Å²) in [6, 6.07) is 9.55. The average molecular weight is 375 g/mol. The number of hydrogen-bond acceptors (Lipinski definition) is 6. The van der Waals surface area contributed by atoms with Crippen LogP contribution in [-0.4, -0.2) is 31.6 Å².